The van der Waals surface area contributed by atoms with Crippen molar-refractivity contribution < 1.29 is 4.79 Å². The first kappa shape index (κ1) is 18.7. The van der Waals surface area contributed by atoms with Gasteiger partial charge in [0.25, 0.3) is 5.91 Å². The zero-order chi connectivity index (χ0) is 19.5. The van der Waals surface area contributed by atoms with Crippen LogP contribution in [-0.2, 0) is 6.42 Å². The summed E-state index contributed by atoms with van der Waals surface area (Å²) in [6, 6.07) is 22.4. The molecular weight excluding hydrogens is 459 g/mol. The van der Waals surface area contributed by atoms with Gasteiger partial charge < -0.3 is 10.3 Å². The number of aromatic amines is 1. The van der Waals surface area contributed by atoms with Crippen molar-refractivity contribution in [1.29, 1.82) is 0 Å². The predicted octanol–water partition coefficient (Wildman–Crippen LogP) is 5.72. The van der Waals surface area contributed by atoms with Gasteiger partial charge in [-0.25, -0.2) is 0 Å². The first-order valence-electron chi connectivity index (χ1n) is 9.31. The number of aromatic nitrogens is 1. The van der Waals surface area contributed by atoms with Gasteiger partial charge in [0.05, 0.1) is 0 Å². The summed E-state index contributed by atoms with van der Waals surface area (Å²) in [5, 5.41) is 4.31. The molecular formula is C24H21IN2O. The smallest absolute Gasteiger partial charge is 0.251 e. The summed E-state index contributed by atoms with van der Waals surface area (Å²) >= 11 is 2.33. The number of halogens is 1. The van der Waals surface area contributed by atoms with Crippen LogP contribution in [0.4, 0.5) is 0 Å². The minimum Gasteiger partial charge on any atom is -0.361 e. The number of aryl methyl sites for hydroxylation is 1. The summed E-state index contributed by atoms with van der Waals surface area (Å²) < 4.78 is 1.21. The Bertz CT molecular complexity index is 1130. The summed E-state index contributed by atoms with van der Waals surface area (Å²) in [6.07, 6.45) is 2.83. The van der Waals surface area contributed by atoms with Crippen molar-refractivity contribution in [2.45, 2.75) is 13.3 Å². The number of hydrogen-bond acceptors (Lipinski definition) is 1. The van der Waals surface area contributed by atoms with E-state index in [0.29, 0.717) is 12.1 Å². The molecule has 1 amide bonds. The van der Waals surface area contributed by atoms with Gasteiger partial charge in [-0.15, -0.1) is 0 Å². The molecule has 0 unspecified atom stereocenters. The molecule has 0 aliphatic rings. The molecule has 1 aromatic heterocycles. The molecule has 0 aliphatic heterocycles. The number of rotatable bonds is 5. The third kappa shape index (κ3) is 3.97. The number of carbonyl (C=O) groups excluding carboxylic acids is 1. The minimum absolute atomic E-state index is 0.0365. The third-order valence-corrected chi connectivity index (χ3v) is 5.61. The van der Waals surface area contributed by atoms with Gasteiger partial charge in [0.1, 0.15) is 0 Å². The average molecular weight is 480 g/mol. The van der Waals surface area contributed by atoms with E-state index in [2.05, 4.69) is 82.3 Å². The van der Waals surface area contributed by atoms with E-state index in [0.717, 1.165) is 23.1 Å². The molecule has 1 heterocycles. The Morgan fingerprint density at radius 1 is 1.04 bits per heavy atom. The highest BCUT2D eigenvalue weighted by atomic mass is 127. The number of hydrogen-bond donors (Lipinski definition) is 2. The molecule has 0 spiro atoms. The van der Waals surface area contributed by atoms with Crippen LogP contribution in [-0.4, -0.2) is 17.4 Å². The van der Waals surface area contributed by atoms with Gasteiger partial charge in [-0.1, -0.05) is 48.0 Å². The molecule has 4 rings (SSSR count). The van der Waals surface area contributed by atoms with Gasteiger partial charge >= 0.3 is 0 Å². The van der Waals surface area contributed by atoms with E-state index in [4.69, 9.17) is 0 Å². The Hall–Kier alpha value is -2.60. The molecule has 0 aliphatic carbocycles. The van der Waals surface area contributed by atoms with Gasteiger partial charge in [-0.05, 0) is 76.9 Å². The normalized spacial score (nSPS) is 10.9. The van der Waals surface area contributed by atoms with Crippen LogP contribution in [0.25, 0.3) is 22.0 Å². The maximum atomic E-state index is 12.8. The van der Waals surface area contributed by atoms with E-state index in [1.165, 1.54) is 20.1 Å². The summed E-state index contributed by atoms with van der Waals surface area (Å²) in [7, 11) is 0. The van der Waals surface area contributed by atoms with E-state index in [1.54, 1.807) is 0 Å². The predicted molar refractivity (Wildman–Crippen MR) is 124 cm³/mol. The van der Waals surface area contributed by atoms with Crippen LogP contribution in [0.3, 0.4) is 0 Å². The van der Waals surface area contributed by atoms with Crippen LogP contribution in [0.5, 0.6) is 0 Å². The summed E-state index contributed by atoms with van der Waals surface area (Å²) in [5.41, 5.74) is 6.29. The highest BCUT2D eigenvalue weighted by molar-refractivity contribution is 14.1. The summed E-state index contributed by atoms with van der Waals surface area (Å²) in [4.78, 5) is 16.1. The fourth-order valence-electron chi connectivity index (χ4n) is 3.43. The van der Waals surface area contributed by atoms with E-state index in [-0.39, 0.29) is 5.91 Å². The Labute approximate surface area is 178 Å². The zero-order valence-corrected chi connectivity index (χ0v) is 17.8. The second-order valence-electron chi connectivity index (χ2n) is 6.92. The number of H-pyrrole nitrogens is 1. The van der Waals surface area contributed by atoms with E-state index < -0.39 is 0 Å². The first-order chi connectivity index (χ1) is 13.6. The Morgan fingerprint density at radius 2 is 1.82 bits per heavy atom. The standard InChI is InChI=1S/C24H21IN2O/c1-16-6-8-17(9-7-16)20-4-2-3-5-21(20)24(28)26-13-12-18-15-27-23-11-10-19(25)14-22(18)23/h2-11,14-15,27H,12-13H2,1H3,(H,26,28). The molecule has 0 saturated carbocycles. The van der Waals surface area contributed by atoms with Crippen LogP contribution in [0.2, 0.25) is 0 Å². The average Bonchev–Trinajstić information content (AvgIpc) is 3.10. The highest BCUT2D eigenvalue weighted by Gasteiger charge is 2.12. The molecule has 28 heavy (non-hydrogen) atoms. The van der Waals surface area contributed by atoms with Crippen molar-refractivity contribution in [2.24, 2.45) is 0 Å². The Morgan fingerprint density at radius 3 is 2.64 bits per heavy atom. The monoisotopic (exact) mass is 480 g/mol. The van der Waals surface area contributed by atoms with Gasteiger partial charge in [-0.3, -0.25) is 4.79 Å². The molecule has 2 N–H and O–H groups in total. The summed E-state index contributed by atoms with van der Waals surface area (Å²) in [6.45, 7) is 2.66. The first-order valence-corrected chi connectivity index (χ1v) is 10.4. The lowest BCUT2D eigenvalue weighted by molar-refractivity contribution is 0.0955. The molecule has 0 fully saturated rings. The second kappa shape index (κ2) is 8.19. The number of nitrogens with one attached hydrogen (secondary N) is 2. The van der Waals surface area contributed by atoms with Crippen molar-refractivity contribution in [3.63, 3.8) is 0 Å². The lowest BCUT2D eigenvalue weighted by Gasteiger charge is -2.11. The Kier molecular flexibility index (Phi) is 5.48. The number of benzene rings is 3. The van der Waals surface area contributed by atoms with Crippen molar-refractivity contribution in [1.82, 2.24) is 10.3 Å². The minimum atomic E-state index is -0.0365. The molecule has 3 nitrogen and oxygen atoms in total. The van der Waals surface area contributed by atoms with Crippen LogP contribution in [0, 0.1) is 10.5 Å². The van der Waals surface area contributed by atoms with Gasteiger partial charge in [0.15, 0.2) is 0 Å². The molecule has 4 heteroatoms. The molecule has 0 radical (unpaired) electrons. The van der Waals surface area contributed by atoms with Crippen molar-refractivity contribution in [3.05, 3.63) is 93.2 Å². The molecule has 0 saturated heterocycles. The van der Waals surface area contributed by atoms with Crippen molar-refractivity contribution in [2.75, 3.05) is 6.54 Å². The lowest BCUT2D eigenvalue weighted by atomic mass is 9.98. The fourth-order valence-corrected chi connectivity index (χ4v) is 3.92. The van der Waals surface area contributed by atoms with E-state index in [1.807, 2.05) is 30.5 Å². The molecule has 4 aromatic rings. The third-order valence-electron chi connectivity index (χ3n) is 4.94. The fraction of sp³-hybridized carbons (Fsp3) is 0.125. The second-order valence-corrected chi connectivity index (χ2v) is 8.17. The number of fused-ring (bicyclic) bond motifs is 1. The van der Waals surface area contributed by atoms with Crippen LogP contribution in [0.15, 0.2) is 72.9 Å². The molecule has 0 bridgehead atoms. The SMILES string of the molecule is Cc1ccc(-c2ccccc2C(=O)NCCc2c[nH]c3ccc(I)cc23)cc1. The van der Waals surface area contributed by atoms with Gasteiger partial charge in [0.2, 0.25) is 0 Å². The van der Waals surface area contributed by atoms with Crippen molar-refractivity contribution >= 4 is 39.4 Å². The highest BCUT2D eigenvalue weighted by Crippen LogP contribution is 2.24. The molecule has 140 valence electrons. The van der Waals surface area contributed by atoms with Crippen LogP contribution < -0.4 is 5.32 Å². The lowest BCUT2D eigenvalue weighted by Crippen LogP contribution is -2.26. The van der Waals surface area contributed by atoms with E-state index >= 15 is 0 Å². The number of amides is 1. The molecule has 3 aromatic carbocycles. The maximum Gasteiger partial charge on any atom is 0.251 e. The topological polar surface area (TPSA) is 44.9 Å². The van der Waals surface area contributed by atoms with Gasteiger partial charge in [-0.2, -0.15) is 0 Å². The molecule has 0 atom stereocenters. The Balaban J connectivity index is 1.48. The zero-order valence-electron chi connectivity index (χ0n) is 15.6. The van der Waals surface area contributed by atoms with Crippen molar-refractivity contribution in [3.8, 4) is 11.1 Å². The van der Waals surface area contributed by atoms with E-state index in [9.17, 15) is 4.79 Å². The largest absolute Gasteiger partial charge is 0.361 e. The number of carbonyl (C=O) groups is 1. The quantitative estimate of drug-likeness (QED) is 0.353. The van der Waals surface area contributed by atoms with Crippen LogP contribution in [0.1, 0.15) is 21.5 Å². The van der Waals surface area contributed by atoms with Gasteiger partial charge in [0, 0.05) is 32.8 Å². The summed E-state index contributed by atoms with van der Waals surface area (Å²) in [5.74, 6) is -0.0365. The van der Waals surface area contributed by atoms with Crippen LogP contribution >= 0.6 is 22.6 Å². The maximum absolute atomic E-state index is 12.8.